The van der Waals surface area contributed by atoms with Gasteiger partial charge in [0.05, 0.1) is 11.2 Å². The molecule has 0 spiro atoms. The molecule has 20 heavy (non-hydrogen) atoms. The van der Waals surface area contributed by atoms with Crippen LogP contribution < -0.4 is 5.73 Å². The van der Waals surface area contributed by atoms with Crippen molar-refractivity contribution in [1.29, 1.82) is 0 Å². The zero-order chi connectivity index (χ0) is 13.9. The number of para-hydroxylation sites is 1. The summed E-state index contributed by atoms with van der Waals surface area (Å²) in [7, 11) is 2.00. The van der Waals surface area contributed by atoms with E-state index in [2.05, 4.69) is 35.4 Å². The minimum Gasteiger partial charge on any atom is -0.327 e. The Labute approximate surface area is 120 Å². The lowest BCUT2D eigenvalue weighted by molar-refractivity contribution is 0.597. The number of hydrogen-bond acceptors (Lipinski definition) is 2. The van der Waals surface area contributed by atoms with Gasteiger partial charge in [0.1, 0.15) is 0 Å². The topological polar surface area (TPSA) is 43.8 Å². The molecule has 106 valence electrons. The van der Waals surface area contributed by atoms with Gasteiger partial charge >= 0.3 is 0 Å². The SMILES string of the molecule is Cn1nc(CC(N)CC2=CCCCC2)c2ccccc21. The molecule has 1 atom stereocenters. The van der Waals surface area contributed by atoms with Crippen LogP contribution >= 0.6 is 0 Å². The monoisotopic (exact) mass is 269 g/mol. The van der Waals surface area contributed by atoms with E-state index in [9.17, 15) is 0 Å². The van der Waals surface area contributed by atoms with Crippen LogP contribution in [0.5, 0.6) is 0 Å². The van der Waals surface area contributed by atoms with E-state index in [4.69, 9.17) is 5.73 Å². The summed E-state index contributed by atoms with van der Waals surface area (Å²) in [4.78, 5) is 0. The number of benzene rings is 1. The first-order valence-corrected chi connectivity index (χ1v) is 7.58. The summed E-state index contributed by atoms with van der Waals surface area (Å²) in [5.41, 5.74) is 10.2. The Morgan fingerprint density at radius 3 is 2.90 bits per heavy atom. The summed E-state index contributed by atoms with van der Waals surface area (Å²) < 4.78 is 1.96. The van der Waals surface area contributed by atoms with Crippen molar-refractivity contribution in [2.24, 2.45) is 12.8 Å². The molecule has 0 bridgehead atoms. The number of aryl methyl sites for hydroxylation is 1. The quantitative estimate of drug-likeness (QED) is 0.865. The Morgan fingerprint density at radius 2 is 2.10 bits per heavy atom. The van der Waals surface area contributed by atoms with Crippen LogP contribution in [-0.2, 0) is 13.5 Å². The van der Waals surface area contributed by atoms with Crippen LogP contribution in [0.2, 0.25) is 0 Å². The highest BCUT2D eigenvalue weighted by molar-refractivity contribution is 5.81. The van der Waals surface area contributed by atoms with E-state index in [0.717, 1.165) is 18.5 Å². The lowest BCUT2D eigenvalue weighted by atomic mass is 9.93. The predicted molar refractivity (Wildman–Crippen MR) is 83.6 cm³/mol. The molecule has 2 aromatic rings. The number of aromatic nitrogens is 2. The van der Waals surface area contributed by atoms with Gasteiger partial charge in [-0.25, -0.2) is 0 Å². The Kier molecular flexibility index (Phi) is 3.88. The molecule has 0 fully saturated rings. The molecule has 1 unspecified atom stereocenters. The van der Waals surface area contributed by atoms with Crippen molar-refractivity contribution in [3.05, 3.63) is 41.6 Å². The number of hydrogen-bond donors (Lipinski definition) is 1. The maximum atomic E-state index is 6.35. The predicted octanol–water partition coefficient (Wildman–Crippen LogP) is 3.33. The molecular formula is C17H23N3. The molecule has 1 aliphatic rings. The van der Waals surface area contributed by atoms with Crippen molar-refractivity contribution in [3.63, 3.8) is 0 Å². The Hall–Kier alpha value is -1.61. The van der Waals surface area contributed by atoms with E-state index < -0.39 is 0 Å². The first kappa shape index (κ1) is 13.4. The zero-order valence-corrected chi connectivity index (χ0v) is 12.2. The third kappa shape index (κ3) is 2.78. The molecule has 0 saturated heterocycles. The van der Waals surface area contributed by atoms with Gasteiger partial charge in [0.15, 0.2) is 0 Å². The van der Waals surface area contributed by atoms with Crippen molar-refractivity contribution in [3.8, 4) is 0 Å². The molecule has 3 nitrogen and oxygen atoms in total. The van der Waals surface area contributed by atoms with Gasteiger partial charge in [-0.15, -0.1) is 0 Å². The van der Waals surface area contributed by atoms with E-state index in [-0.39, 0.29) is 6.04 Å². The molecule has 0 radical (unpaired) electrons. The van der Waals surface area contributed by atoms with Gasteiger partial charge in [-0.3, -0.25) is 4.68 Å². The van der Waals surface area contributed by atoms with Gasteiger partial charge < -0.3 is 5.73 Å². The minimum absolute atomic E-state index is 0.178. The summed E-state index contributed by atoms with van der Waals surface area (Å²) in [6.45, 7) is 0. The third-order valence-corrected chi connectivity index (χ3v) is 4.20. The molecule has 2 N–H and O–H groups in total. The molecule has 0 amide bonds. The maximum Gasteiger partial charge on any atom is 0.0718 e. The Morgan fingerprint density at radius 1 is 1.25 bits per heavy atom. The second-order valence-electron chi connectivity index (χ2n) is 5.86. The van der Waals surface area contributed by atoms with Gasteiger partial charge in [-0.1, -0.05) is 29.8 Å². The number of rotatable bonds is 4. The van der Waals surface area contributed by atoms with Crippen LogP contribution in [0.15, 0.2) is 35.9 Å². The number of nitrogens with zero attached hydrogens (tertiary/aromatic N) is 2. The summed E-state index contributed by atoms with van der Waals surface area (Å²) in [6.07, 6.45) is 9.39. The van der Waals surface area contributed by atoms with Crippen LogP contribution in [-0.4, -0.2) is 15.8 Å². The van der Waals surface area contributed by atoms with E-state index in [1.807, 2.05) is 11.7 Å². The fraction of sp³-hybridized carbons (Fsp3) is 0.471. The first-order valence-electron chi connectivity index (χ1n) is 7.58. The van der Waals surface area contributed by atoms with Crippen LogP contribution in [0.1, 0.15) is 37.8 Å². The van der Waals surface area contributed by atoms with Crippen LogP contribution in [0.3, 0.4) is 0 Å². The van der Waals surface area contributed by atoms with E-state index in [0.29, 0.717) is 0 Å². The summed E-state index contributed by atoms with van der Waals surface area (Å²) >= 11 is 0. The molecule has 1 aliphatic carbocycles. The van der Waals surface area contributed by atoms with Crippen molar-refractivity contribution in [1.82, 2.24) is 9.78 Å². The third-order valence-electron chi connectivity index (χ3n) is 4.20. The second-order valence-corrected chi connectivity index (χ2v) is 5.86. The number of allylic oxidation sites excluding steroid dienone is 1. The van der Waals surface area contributed by atoms with Gasteiger partial charge in [-0.05, 0) is 38.2 Å². The normalized spacial score (nSPS) is 17.2. The van der Waals surface area contributed by atoms with Crippen LogP contribution in [0.25, 0.3) is 10.9 Å². The van der Waals surface area contributed by atoms with Gasteiger partial charge in [0.2, 0.25) is 0 Å². The smallest absolute Gasteiger partial charge is 0.0718 e. The number of fused-ring (bicyclic) bond motifs is 1. The molecular weight excluding hydrogens is 246 g/mol. The molecule has 3 heteroatoms. The lowest BCUT2D eigenvalue weighted by Crippen LogP contribution is -2.24. The van der Waals surface area contributed by atoms with Crippen molar-refractivity contribution in [2.45, 2.75) is 44.6 Å². The highest BCUT2D eigenvalue weighted by Gasteiger charge is 2.14. The molecule has 0 saturated carbocycles. The van der Waals surface area contributed by atoms with E-state index in [1.165, 1.54) is 36.6 Å². The fourth-order valence-corrected chi connectivity index (χ4v) is 3.19. The fourth-order valence-electron chi connectivity index (χ4n) is 3.19. The average molecular weight is 269 g/mol. The van der Waals surface area contributed by atoms with Crippen molar-refractivity contribution >= 4 is 10.9 Å². The summed E-state index contributed by atoms with van der Waals surface area (Å²) in [5.74, 6) is 0. The van der Waals surface area contributed by atoms with Gasteiger partial charge in [-0.2, -0.15) is 5.10 Å². The summed E-state index contributed by atoms with van der Waals surface area (Å²) in [5, 5.41) is 5.88. The van der Waals surface area contributed by atoms with Crippen molar-refractivity contribution in [2.75, 3.05) is 0 Å². The lowest BCUT2D eigenvalue weighted by Gasteiger charge is -2.16. The number of nitrogens with two attached hydrogens (primary N) is 1. The summed E-state index contributed by atoms with van der Waals surface area (Å²) in [6, 6.07) is 8.56. The van der Waals surface area contributed by atoms with Crippen LogP contribution in [0.4, 0.5) is 0 Å². The molecule has 3 rings (SSSR count). The molecule has 1 aromatic heterocycles. The standard InChI is InChI=1S/C17H23N3/c1-20-17-10-6-5-9-15(17)16(19-20)12-14(18)11-13-7-3-2-4-8-13/h5-7,9-10,14H,2-4,8,11-12,18H2,1H3. The Bertz CT molecular complexity index is 624. The van der Waals surface area contributed by atoms with Crippen molar-refractivity contribution < 1.29 is 0 Å². The largest absolute Gasteiger partial charge is 0.327 e. The highest BCUT2D eigenvalue weighted by atomic mass is 15.3. The minimum atomic E-state index is 0.178. The van der Waals surface area contributed by atoms with Crippen LogP contribution in [0, 0.1) is 0 Å². The zero-order valence-electron chi connectivity index (χ0n) is 12.2. The molecule has 0 aliphatic heterocycles. The average Bonchev–Trinajstić information content (AvgIpc) is 2.77. The Balaban J connectivity index is 1.74. The molecule has 1 heterocycles. The molecule has 1 aromatic carbocycles. The van der Waals surface area contributed by atoms with E-state index in [1.54, 1.807) is 5.57 Å². The first-order chi connectivity index (χ1) is 9.74. The highest BCUT2D eigenvalue weighted by Crippen LogP contribution is 2.23. The van der Waals surface area contributed by atoms with Gasteiger partial charge in [0.25, 0.3) is 0 Å². The van der Waals surface area contributed by atoms with Gasteiger partial charge in [0, 0.05) is 24.9 Å². The maximum absolute atomic E-state index is 6.35. The second kappa shape index (κ2) is 5.80. The van der Waals surface area contributed by atoms with E-state index >= 15 is 0 Å².